The number of anilines is 1. The third kappa shape index (κ3) is 3.89. The number of nitrogens with zero attached hydrogens (tertiary/aromatic N) is 1. The summed E-state index contributed by atoms with van der Waals surface area (Å²) in [4.78, 5) is 2.14. The van der Waals surface area contributed by atoms with Gasteiger partial charge < -0.3 is 16.0 Å². The molecule has 0 bridgehead atoms. The zero-order chi connectivity index (χ0) is 15.4. The zero-order valence-electron chi connectivity index (χ0n) is 12.2. The molecule has 1 aliphatic rings. The van der Waals surface area contributed by atoms with Crippen LogP contribution in [0.1, 0.15) is 31.2 Å². The highest BCUT2D eigenvalue weighted by atomic mass is 32.1. The van der Waals surface area contributed by atoms with Crippen LogP contribution in [0.2, 0.25) is 0 Å². The van der Waals surface area contributed by atoms with Gasteiger partial charge >= 0.3 is 0 Å². The summed E-state index contributed by atoms with van der Waals surface area (Å²) >= 11 is 4.68. The maximum absolute atomic E-state index is 13.9. The molecule has 6 heteroatoms. The zero-order valence-corrected chi connectivity index (χ0v) is 13.0. The summed E-state index contributed by atoms with van der Waals surface area (Å²) in [5, 5.41) is 2.93. The molecule has 0 amide bonds. The number of likely N-dealkylation sites (N-methyl/N-ethyl adjacent to an activating group) is 1. The minimum Gasteiger partial charge on any atom is -0.389 e. The molecule has 1 fully saturated rings. The summed E-state index contributed by atoms with van der Waals surface area (Å²) < 4.78 is 27.6. The first-order valence-electron chi connectivity index (χ1n) is 7.22. The Hall–Kier alpha value is -1.27. The van der Waals surface area contributed by atoms with Crippen molar-refractivity contribution in [1.29, 1.82) is 0 Å². The van der Waals surface area contributed by atoms with Crippen molar-refractivity contribution >= 4 is 22.9 Å². The van der Waals surface area contributed by atoms with Gasteiger partial charge in [0, 0.05) is 24.7 Å². The van der Waals surface area contributed by atoms with Crippen molar-refractivity contribution in [2.75, 3.05) is 25.5 Å². The van der Waals surface area contributed by atoms with E-state index in [1.54, 1.807) is 0 Å². The topological polar surface area (TPSA) is 41.3 Å². The van der Waals surface area contributed by atoms with E-state index in [0.29, 0.717) is 12.6 Å². The van der Waals surface area contributed by atoms with Crippen LogP contribution in [0.4, 0.5) is 14.5 Å². The predicted molar refractivity (Wildman–Crippen MR) is 85.6 cm³/mol. The summed E-state index contributed by atoms with van der Waals surface area (Å²) in [6.07, 6.45) is 5.01. The van der Waals surface area contributed by atoms with E-state index in [2.05, 4.69) is 29.5 Å². The number of thiocarbonyl (C=S) groups is 1. The van der Waals surface area contributed by atoms with E-state index in [9.17, 15) is 8.78 Å². The molecule has 2 rings (SSSR count). The first-order chi connectivity index (χ1) is 10.0. The summed E-state index contributed by atoms with van der Waals surface area (Å²) in [6, 6.07) is 3.50. The molecular formula is C15H21F2N3S. The van der Waals surface area contributed by atoms with Gasteiger partial charge in [0.15, 0.2) is 11.6 Å². The number of nitrogens with two attached hydrogens (primary N) is 1. The van der Waals surface area contributed by atoms with Crippen molar-refractivity contribution in [3.63, 3.8) is 0 Å². The maximum Gasteiger partial charge on any atom is 0.182 e. The van der Waals surface area contributed by atoms with Crippen LogP contribution < -0.4 is 11.1 Å². The average molecular weight is 313 g/mol. The monoisotopic (exact) mass is 313 g/mol. The van der Waals surface area contributed by atoms with Crippen LogP contribution in [-0.4, -0.2) is 36.1 Å². The molecular weight excluding hydrogens is 292 g/mol. The normalized spacial score (nSPS) is 15.6. The molecule has 0 saturated heterocycles. The number of rotatable bonds is 6. The van der Waals surface area contributed by atoms with E-state index < -0.39 is 11.6 Å². The SMILES string of the molecule is CN(CCNc1ccc(C(N)=S)c(F)c1F)C1CCCC1. The largest absolute Gasteiger partial charge is 0.389 e. The lowest BCUT2D eigenvalue weighted by Crippen LogP contribution is -2.33. The van der Waals surface area contributed by atoms with E-state index >= 15 is 0 Å². The van der Waals surface area contributed by atoms with E-state index in [4.69, 9.17) is 5.73 Å². The highest BCUT2D eigenvalue weighted by Gasteiger charge is 2.19. The molecule has 0 atom stereocenters. The Kier molecular flexibility index (Phi) is 5.47. The molecule has 3 N–H and O–H groups in total. The van der Waals surface area contributed by atoms with Crippen LogP contribution in [0.25, 0.3) is 0 Å². The van der Waals surface area contributed by atoms with Crippen molar-refractivity contribution in [3.8, 4) is 0 Å². The molecule has 1 aliphatic carbocycles. The Bertz CT molecular complexity index is 516. The smallest absolute Gasteiger partial charge is 0.182 e. The van der Waals surface area contributed by atoms with Crippen LogP contribution in [0.15, 0.2) is 12.1 Å². The molecule has 21 heavy (non-hydrogen) atoms. The van der Waals surface area contributed by atoms with Gasteiger partial charge in [-0.25, -0.2) is 8.78 Å². The highest BCUT2D eigenvalue weighted by molar-refractivity contribution is 7.80. The Labute approximate surface area is 129 Å². The molecule has 1 aromatic rings. The van der Waals surface area contributed by atoms with Gasteiger partial charge in [0.2, 0.25) is 0 Å². The molecule has 0 unspecified atom stereocenters. The third-order valence-electron chi connectivity index (χ3n) is 4.08. The van der Waals surface area contributed by atoms with Gasteiger partial charge in [0.25, 0.3) is 0 Å². The quantitative estimate of drug-likeness (QED) is 0.793. The number of hydrogen-bond donors (Lipinski definition) is 2. The molecule has 116 valence electrons. The van der Waals surface area contributed by atoms with Crippen LogP contribution in [-0.2, 0) is 0 Å². The number of benzene rings is 1. The van der Waals surface area contributed by atoms with E-state index in [1.807, 2.05) is 0 Å². The Balaban J connectivity index is 1.91. The standard InChI is InChI=1S/C15H21F2N3S/c1-20(10-4-2-3-5-10)9-8-19-12-7-6-11(15(18)21)13(16)14(12)17/h6-7,10,19H,2-5,8-9H2,1H3,(H2,18,21). The van der Waals surface area contributed by atoms with Gasteiger partial charge in [0.05, 0.1) is 5.69 Å². The third-order valence-corrected chi connectivity index (χ3v) is 4.30. The fourth-order valence-corrected chi connectivity index (χ4v) is 2.93. The highest BCUT2D eigenvalue weighted by Crippen LogP contribution is 2.23. The molecule has 3 nitrogen and oxygen atoms in total. The lowest BCUT2D eigenvalue weighted by Gasteiger charge is -2.24. The Morgan fingerprint density at radius 2 is 2.00 bits per heavy atom. The molecule has 0 aliphatic heterocycles. The Morgan fingerprint density at radius 1 is 1.33 bits per heavy atom. The molecule has 0 radical (unpaired) electrons. The van der Waals surface area contributed by atoms with Gasteiger partial charge in [0.1, 0.15) is 4.99 Å². The number of halogens is 2. The van der Waals surface area contributed by atoms with Crippen LogP contribution >= 0.6 is 12.2 Å². The van der Waals surface area contributed by atoms with E-state index in [0.717, 1.165) is 6.54 Å². The van der Waals surface area contributed by atoms with Crippen molar-refractivity contribution < 1.29 is 8.78 Å². The summed E-state index contributed by atoms with van der Waals surface area (Å²) in [5.41, 5.74) is 5.43. The molecule has 0 aromatic heterocycles. The second kappa shape index (κ2) is 7.13. The van der Waals surface area contributed by atoms with Gasteiger partial charge in [-0.2, -0.15) is 0 Å². The minimum absolute atomic E-state index is 0.0591. The summed E-state index contributed by atoms with van der Waals surface area (Å²) in [7, 11) is 2.07. The van der Waals surface area contributed by atoms with Gasteiger partial charge in [-0.1, -0.05) is 25.1 Å². The maximum atomic E-state index is 13.9. The van der Waals surface area contributed by atoms with E-state index in [1.165, 1.54) is 37.8 Å². The fraction of sp³-hybridized carbons (Fsp3) is 0.533. The average Bonchev–Trinajstić information content (AvgIpc) is 2.97. The van der Waals surface area contributed by atoms with Crippen molar-refractivity contribution in [2.45, 2.75) is 31.7 Å². The molecule has 1 saturated carbocycles. The molecule has 1 aromatic carbocycles. The van der Waals surface area contributed by atoms with Crippen molar-refractivity contribution in [1.82, 2.24) is 4.90 Å². The fourth-order valence-electron chi connectivity index (χ4n) is 2.77. The lowest BCUT2D eigenvalue weighted by atomic mass is 10.1. The summed E-state index contributed by atoms with van der Waals surface area (Å²) in [6.45, 7) is 1.36. The first-order valence-corrected chi connectivity index (χ1v) is 7.63. The summed E-state index contributed by atoms with van der Waals surface area (Å²) in [5.74, 6) is -1.92. The van der Waals surface area contributed by atoms with Crippen molar-refractivity contribution in [2.24, 2.45) is 5.73 Å². The van der Waals surface area contributed by atoms with Crippen molar-refractivity contribution in [3.05, 3.63) is 29.3 Å². The predicted octanol–water partition coefficient (Wildman–Crippen LogP) is 2.89. The van der Waals surface area contributed by atoms with Gasteiger partial charge in [-0.05, 0) is 32.0 Å². The van der Waals surface area contributed by atoms with Crippen LogP contribution in [0.3, 0.4) is 0 Å². The lowest BCUT2D eigenvalue weighted by molar-refractivity contribution is 0.254. The number of hydrogen-bond acceptors (Lipinski definition) is 3. The second-order valence-electron chi connectivity index (χ2n) is 5.50. The molecule has 0 heterocycles. The Morgan fingerprint density at radius 3 is 2.62 bits per heavy atom. The first kappa shape index (κ1) is 16.1. The van der Waals surface area contributed by atoms with Gasteiger partial charge in [-0.15, -0.1) is 0 Å². The van der Waals surface area contributed by atoms with E-state index in [-0.39, 0.29) is 16.2 Å². The van der Waals surface area contributed by atoms with Gasteiger partial charge in [-0.3, -0.25) is 0 Å². The van der Waals surface area contributed by atoms with Crippen LogP contribution in [0.5, 0.6) is 0 Å². The second-order valence-corrected chi connectivity index (χ2v) is 5.94. The number of nitrogens with one attached hydrogen (secondary N) is 1. The van der Waals surface area contributed by atoms with Crippen LogP contribution in [0, 0.1) is 11.6 Å². The minimum atomic E-state index is -0.989. The molecule has 0 spiro atoms.